The van der Waals surface area contributed by atoms with E-state index in [2.05, 4.69) is 17.3 Å². The lowest BCUT2D eigenvalue weighted by Gasteiger charge is -2.17. The zero-order valence-corrected chi connectivity index (χ0v) is 13.5. The van der Waals surface area contributed by atoms with Crippen molar-refractivity contribution in [2.45, 2.75) is 39.8 Å². The van der Waals surface area contributed by atoms with Crippen LogP contribution < -0.4 is 5.32 Å². The minimum absolute atomic E-state index is 0.0841. The van der Waals surface area contributed by atoms with E-state index in [1.807, 2.05) is 42.8 Å². The molecule has 2 rings (SSSR count). The molecule has 0 radical (unpaired) electrons. The number of hydrogen-bond donors (Lipinski definition) is 2. The summed E-state index contributed by atoms with van der Waals surface area (Å²) in [6.45, 7) is 6.76. The highest BCUT2D eigenvalue weighted by atomic mass is 35.5. The van der Waals surface area contributed by atoms with Gasteiger partial charge in [0.15, 0.2) is 0 Å². The van der Waals surface area contributed by atoms with E-state index in [0.717, 1.165) is 28.5 Å². The monoisotopic (exact) mass is 307 g/mol. The number of rotatable bonds is 6. The molecule has 0 saturated heterocycles. The topological polar surface area (TPSA) is 50.1 Å². The van der Waals surface area contributed by atoms with Crippen LogP contribution in [0.4, 0.5) is 5.82 Å². The summed E-state index contributed by atoms with van der Waals surface area (Å²) in [6.07, 6.45) is 0.903. The van der Waals surface area contributed by atoms with E-state index in [1.165, 1.54) is 5.56 Å². The molecular weight excluding hydrogens is 286 g/mol. The maximum absolute atomic E-state index is 9.14. The molecule has 1 atom stereocenters. The first kappa shape index (κ1) is 15.9. The Morgan fingerprint density at radius 2 is 1.95 bits per heavy atom. The van der Waals surface area contributed by atoms with Gasteiger partial charge < -0.3 is 10.4 Å². The minimum Gasteiger partial charge on any atom is -0.394 e. The van der Waals surface area contributed by atoms with Crippen LogP contribution in [0.3, 0.4) is 0 Å². The first-order valence-electron chi connectivity index (χ1n) is 7.17. The molecule has 4 nitrogen and oxygen atoms in total. The molecule has 2 aromatic rings. The van der Waals surface area contributed by atoms with E-state index in [4.69, 9.17) is 16.7 Å². The molecule has 0 saturated carbocycles. The fraction of sp³-hybridized carbons (Fsp3) is 0.438. The van der Waals surface area contributed by atoms with Crippen LogP contribution in [0.5, 0.6) is 0 Å². The van der Waals surface area contributed by atoms with Crippen LogP contribution >= 0.6 is 11.6 Å². The molecule has 1 unspecified atom stereocenters. The normalized spacial score (nSPS) is 12.4. The zero-order chi connectivity index (χ0) is 15.4. The van der Waals surface area contributed by atoms with Crippen LogP contribution in [-0.4, -0.2) is 27.5 Å². The third-order valence-corrected chi connectivity index (χ3v) is 3.83. The molecule has 0 amide bonds. The first-order chi connectivity index (χ1) is 10.0. The second-order valence-electron chi connectivity index (χ2n) is 5.38. The average Bonchev–Trinajstić information content (AvgIpc) is 2.70. The highest BCUT2D eigenvalue weighted by Gasteiger charge is 2.13. The Bertz CT molecular complexity index is 592. The average molecular weight is 308 g/mol. The molecule has 0 aliphatic heterocycles. The Morgan fingerprint density at radius 3 is 2.57 bits per heavy atom. The Kier molecular flexibility index (Phi) is 5.26. The number of nitrogens with zero attached hydrogens (tertiary/aromatic N) is 2. The van der Waals surface area contributed by atoms with Crippen molar-refractivity contribution in [2.24, 2.45) is 0 Å². The number of nitrogens with one attached hydrogen (secondary N) is 1. The van der Waals surface area contributed by atoms with Gasteiger partial charge >= 0.3 is 0 Å². The standard InChI is InChI=1S/C16H22ClN3O/c1-11(10-14-4-6-15(17)7-5-14)18-16-12(2)13(3)19-20(16)8-9-21/h4-7,11,18,21H,8-10H2,1-3H3. The van der Waals surface area contributed by atoms with Crippen LogP contribution in [0.2, 0.25) is 5.02 Å². The summed E-state index contributed by atoms with van der Waals surface area (Å²) >= 11 is 5.91. The number of aromatic nitrogens is 2. The van der Waals surface area contributed by atoms with E-state index < -0.39 is 0 Å². The molecule has 2 N–H and O–H groups in total. The second-order valence-corrected chi connectivity index (χ2v) is 5.82. The van der Waals surface area contributed by atoms with Gasteiger partial charge in [-0.15, -0.1) is 0 Å². The Morgan fingerprint density at radius 1 is 1.29 bits per heavy atom. The van der Waals surface area contributed by atoms with Crippen molar-refractivity contribution in [3.8, 4) is 0 Å². The van der Waals surface area contributed by atoms with E-state index in [0.29, 0.717) is 6.54 Å². The number of benzene rings is 1. The fourth-order valence-corrected chi connectivity index (χ4v) is 2.49. The summed E-state index contributed by atoms with van der Waals surface area (Å²) in [5.74, 6) is 0.989. The van der Waals surface area contributed by atoms with Gasteiger partial charge in [-0.25, -0.2) is 4.68 Å². The molecule has 1 heterocycles. The lowest BCUT2D eigenvalue weighted by atomic mass is 10.1. The summed E-state index contributed by atoms with van der Waals surface area (Å²) in [5, 5.41) is 17.8. The molecule has 1 aromatic carbocycles. The molecule has 1 aromatic heterocycles. The van der Waals surface area contributed by atoms with E-state index in [1.54, 1.807) is 0 Å². The van der Waals surface area contributed by atoms with Gasteiger partial charge in [-0.3, -0.25) is 0 Å². The van der Waals surface area contributed by atoms with E-state index >= 15 is 0 Å². The van der Waals surface area contributed by atoms with E-state index in [9.17, 15) is 0 Å². The third-order valence-electron chi connectivity index (χ3n) is 3.58. The molecule has 0 spiro atoms. The van der Waals surface area contributed by atoms with Crippen molar-refractivity contribution in [2.75, 3.05) is 11.9 Å². The SMILES string of the molecule is Cc1nn(CCO)c(NC(C)Cc2ccc(Cl)cc2)c1C. The van der Waals surface area contributed by atoms with Gasteiger partial charge in [0.2, 0.25) is 0 Å². The Balaban J connectivity index is 2.08. The number of aryl methyl sites for hydroxylation is 1. The van der Waals surface area contributed by atoms with Crippen LogP contribution in [0, 0.1) is 13.8 Å². The maximum Gasteiger partial charge on any atom is 0.127 e. The fourth-order valence-electron chi connectivity index (χ4n) is 2.37. The van der Waals surface area contributed by atoms with Crippen molar-refractivity contribution in [3.05, 3.63) is 46.1 Å². The van der Waals surface area contributed by atoms with Crippen LogP contribution in [0.25, 0.3) is 0 Å². The smallest absolute Gasteiger partial charge is 0.127 e. The van der Waals surface area contributed by atoms with Gasteiger partial charge in [-0.05, 0) is 44.9 Å². The van der Waals surface area contributed by atoms with Gasteiger partial charge in [-0.2, -0.15) is 5.10 Å². The predicted molar refractivity (Wildman–Crippen MR) is 87.0 cm³/mol. The lowest BCUT2D eigenvalue weighted by Crippen LogP contribution is -2.21. The number of hydrogen-bond acceptors (Lipinski definition) is 3. The summed E-state index contributed by atoms with van der Waals surface area (Å²) in [7, 11) is 0. The van der Waals surface area contributed by atoms with Gasteiger partial charge in [0.1, 0.15) is 5.82 Å². The second kappa shape index (κ2) is 6.96. The maximum atomic E-state index is 9.14. The van der Waals surface area contributed by atoms with Gasteiger partial charge in [0.05, 0.1) is 18.8 Å². The molecule has 5 heteroatoms. The number of aliphatic hydroxyl groups is 1. The quantitative estimate of drug-likeness (QED) is 0.861. The number of anilines is 1. The predicted octanol–water partition coefficient (Wildman–Crippen LogP) is 3.19. The summed E-state index contributed by atoms with van der Waals surface area (Å²) in [5.41, 5.74) is 3.36. The molecule has 114 valence electrons. The van der Waals surface area contributed by atoms with Crippen LogP contribution in [-0.2, 0) is 13.0 Å². The van der Waals surface area contributed by atoms with Crippen molar-refractivity contribution >= 4 is 17.4 Å². The largest absolute Gasteiger partial charge is 0.394 e. The minimum atomic E-state index is 0.0841. The summed E-state index contributed by atoms with van der Waals surface area (Å²) in [6, 6.07) is 8.18. The van der Waals surface area contributed by atoms with Crippen LogP contribution in [0.1, 0.15) is 23.7 Å². The van der Waals surface area contributed by atoms with Crippen LogP contribution in [0.15, 0.2) is 24.3 Å². The zero-order valence-electron chi connectivity index (χ0n) is 12.7. The van der Waals surface area contributed by atoms with Gasteiger partial charge in [-0.1, -0.05) is 23.7 Å². The Hall–Kier alpha value is -1.52. The molecule has 21 heavy (non-hydrogen) atoms. The molecule has 0 aliphatic carbocycles. The third kappa shape index (κ3) is 3.99. The summed E-state index contributed by atoms with van der Waals surface area (Å²) < 4.78 is 1.84. The van der Waals surface area contributed by atoms with Crippen molar-refractivity contribution in [3.63, 3.8) is 0 Å². The van der Waals surface area contributed by atoms with Crippen molar-refractivity contribution < 1.29 is 5.11 Å². The molecule has 0 aliphatic rings. The number of aliphatic hydroxyl groups excluding tert-OH is 1. The van der Waals surface area contributed by atoms with Crippen molar-refractivity contribution in [1.29, 1.82) is 0 Å². The van der Waals surface area contributed by atoms with Gasteiger partial charge in [0, 0.05) is 16.6 Å². The molecule has 0 bridgehead atoms. The van der Waals surface area contributed by atoms with Crippen molar-refractivity contribution in [1.82, 2.24) is 9.78 Å². The lowest BCUT2D eigenvalue weighted by molar-refractivity contribution is 0.270. The van der Waals surface area contributed by atoms with E-state index in [-0.39, 0.29) is 12.6 Å². The van der Waals surface area contributed by atoms with Gasteiger partial charge in [0.25, 0.3) is 0 Å². The number of halogens is 1. The first-order valence-corrected chi connectivity index (χ1v) is 7.55. The highest BCUT2D eigenvalue weighted by molar-refractivity contribution is 6.30. The highest BCUT2D eigenvalue weighted by Crippen LogP contribution is 2.20. The molecule has 0 fully saturated rings. The summed E-state index contributed by atoms with van der Waals surface area (Å²) in [4.78, 5) is 0. The Labute approximate surface area is 130 Å². The molecular formula is C16H22ClN3O.